The molecular formula is C11H20N2O3. The topological polar surface area (TPSA) is 69.6 Å². The number of carbonyl (C=O) groups excluding carboxylic acids is 1. The summed E-state index contributed by atoms with van der Waals surface area (Å²) in [5, 5.41) is 11.7. The average molecular weight is 228 g/mol. The van der Waals surface area contributed by atoms with Crippen molar-refractivity contribution in [1.29, 1.82) is 0 Å². The Labute approximate surface area is 95.8 Å². The number of rotatable bonds is 4. The molecule has 1 aliphatic carbocycles. The van der Waals surface area contributed by atoms with Gasteiger partial charge in [0.25, 0.3) is 0 Å². The molecule has 0 heterocycles. The Bertz CT molecular complexity index is 268. The Hall–Kier alpha value is -1.10. The molecular weight excluding hydrogens is 208 g/mol. The zero-order valence-electron chi connectivity index (χ0n) is 9.90. The van der Waals surface area contributed by atoms with Crippen molar-refractivity contribution in [3.05, 3.63) is 0 Å². The maximum atomic E-state index is 11.1. The van der Waals surface area contributed by atoms with Crippen LogP contribution in [0.15, 0.2) is 0 Å². The van der Waals surface area contributed by atoms with Crippen molar-refractivity contribution in [2.24, 2.45) is 0 Å². The van der Waals surface area contributed by atoms with Crippen LogP contribution in [-0.4, -0.2) is 47.6 Å². The quantitative estimate of drug-likeness (QED) is 0.733. The van der Waals surface area contributed by atoms with Gasteiger partial charge in [-0.3, -0.25) is 14.5 Å². The summed E-state index contributed by atoms with van der Waals surface area (Å²) in [6, 6.07) is 0.240. The average Bonchev–Trinajstić information content (AvgIpc) is 2.16. The Balaban J connectivity index is 2.58. The van der Waals surface area contributed by atoms with E-state index in [0.29, 0.717) is 0 Å². The molecule has 5 heteroatoms. The van der Waals surface area contributed by atoms with Gasteiger partial charge in [-0.1, -0.05) is 12.8 Å². The summed E-state index contributed by atoms with van der Waals surface area (Å²) in [4.78, 5) is 23.5. The molecule has 1 aliphatic rings. The SMILES string of the molecule is CC(=O)N[C@@H]1CCCC[C@H]1N(C)CC(=O)O. The third-order valence-corrected chi connectivity index (χ3v) is 3.07. The van der Waals surface area contributed by atoms with Gasteiger partial charge in [-0.15, -0.1) is 0 Å². The second-order valence-electron chi connectivity index (χ2n) is 4.47. The van der Waals surface area contributed by atoms with Gasteiger partial charge in [0.05, 0.1) is 6.54 Å². The normalized spacial score (nSPS) is 25.4. The Kier molecular flexibility index (Phi) is 4.73. The molecule has 2 N–H and O–H groups in total. The Morgan fingerprint density at radius 1 is 1.38 bits per heavy atom. The van der Waals surface area contributed by atoms with Gasteiger partial charge in [0, 0.05) is 19.0 Å². The first-order chi connectivity index (χ1) is 7.50. The van der Waals surface area contributed by atoms with Gasteiger partial charge in [0.2, 0.25) is 5.91 Å². The number of carboxylic acids is 1. The van der Waals surface area contributed by atoms with Crippen molar-refractivity contribution in [2.75, 3.05) is 13.6 Å². The molecule has 0 unspecified atom stereocenters. The first-order valence-corrected chi connectivity index (χ1v) is 5.70. The van der Waals surface area contributed by atoms with Crippen LogP contribution in [0.5, 0.6) is 0 Å². The molecule has 5 nitrogen and oxygen atoms in total. The van der Waals surface area contributed by atoms with Gasteiger partial charge < -0.3 is 10.4 Å². The van der Waals surface area contributed by atoms with Crippen LogP contribution in [0.25, 0.3) is 0 Å². The number of nitrogens with one attached hydrogen (secondary N) is 1. The van der Waals surface area contributed by atoms with E-state index in [1.54, 1.807) is 7.05 Å². The van der Waals surface area contributed by atoms with E-state index in [2.05, 4.69) is 5.32 Å². The Morgan fingerprint density at radius 3 is 2.56 bits per heavy atom. The summed E-state index contributed by atoms with van der Waals surface area (Å²) in [6.45, 7) is 1.53. The van der Waals surface area contributed by atoms with Crippen LogP contribution < -0.4 is 5.32 Å². The highest BCUT2D eigenvalue weighted by molar-refractivity contribution is 5.73. The van der Waals surface area contributed by atoms with Gasteiger partial charge in [-0.25, -0.2) is 0 Å². The molecule has 0 aliphatic heterocycles. The summed E-state index contributed by atoms with van der Waals surface area (Å²) in [5.74, 6) is -0.865. The largest absolute Gasteiger partial charge is 0.480 e. The molecule has 1 rings (SSSR count). The van der Waals surface area contributed by atoms with Gasteiger partial charge >= 0.3 is 5.97 Å². The molecule has 0 bridgehead atoms. The van der Waals surface area contributed by atoms with Crippen molar-refractivity contribution in [3.8, 4) is 0 Å². The van der Waals surface area contributed by atoms with Crippen LogP contribution >= 0.6 is 0 Å². The smallest absolute Gasteiger partial charge is 0.317 e. The minimum Gasteiger partial charge on any atom is -0.480 e. The van der Waals surface area contributed by atoms with E-state index in [4.69, 9.17) is 5.11 Å². The molecule has 0 saturated heterocycles. The number of likely N-dealkylation sites (N-methyl/N-ethyl adjacent to an activating group) is 1. The molecule has 1 fully saturated rings. The fourth-order valence-corrected chi connectivity index (χ4v) is 2.40. The minimum absolute atomic E-state index is 0.0285. The van der Waals surface area contributed by atoms with E-state index in [0.717, 1.165) is 25.7 Å². The van der Waals surface area contributed by atoms with Crippen LogP contribution in [0.4, 0.5) is 0 Å². The predicted octanol–water partition coefficient (Wildman–Crippen LogP) is 0.450. The van der Waals surface area contributed by atoms with Gasteiger partial charge in [-0.05, 0) is 19.9 Å². The lowest BCUT2D eigenvalue weighted by molar-refractivity contribution is -0.138. The predicted molar refractivity (Wildman–Crippen MR) is 60.1 cm³/mol. The highest BCUT2D eigenvalue weighted by Gasteiger charge is 2.29. The molecule has 1 saturated carbocycles. The zero-order chi connectivity index (χ0) is 12.1. The molecule has 0 radical (unpaired) electrons. The number of aliphatic carboxylic acids is 1. The lowest BCUT2D eigenvalue weighted by Crippen LogP contribution is -2.52. The summed E-state index contributed by atoms with van der Waals surface area (Å²) >= 11 is 0. The summed E-state index contributed by atoms with van der Waals surface area (Å²) in [7, 11) is 1.80. The summed E-state index contributed by atoms with van der Waals surface area (Å²) in [5.41, 5.74) is 0. The van der Waals surface area contributed by atoms with E-state index < -0.39 is 5.97 Å². The summed E-state index contributed by atoms with van der Waals surface area (Å²) in [6.07, 6.45) is 4.09. The van der Waals surface area contributed by atoms with E-state index in [1.165, 1.54) is 6.92 Å². The van der Waals surface area contributed by atoms with Crippen LogP contribution in [0.1, 0.15) is 32.6 Å². The second kappa shape index (κ2) is 5.84. The molecule has 0 aromatic rings. The molecule has 0 aromatic heterocycles. The van der Waals surface area contributed by atoms with Crippen molar-refractivity contribution < 1.29 is 14.7 Å². The highest BCUT2D eigenvalue weighted by Crippen LogP contribution is 2.22. The van der Waals surface area contributed by atoms with Crippen LogP contribution in [0.2, 0.25) is 0 Å². The fourth-order valence-electron chi connectivity index (χ4n) is 2.40. The van der Waals surface area contributed by atoms with Gasteiger partial charge in [-0.2, -0.15) is 0 Å². The zero-order valence-corrected chi connectivity index (χ0v) is 9.90. The van der Waals surface area contributed by atoms with Crippen LogP contribution in [0.3, 0.4) is 0 Å². The highest BCUT2D eigenvalue weighted by atomic mass is 16.4. The number of nitrogens with zero attached hydrogens (tertiary/aromatic N) is 1. The van der Waals surface area contributed by atoms with E-state index in [1.807, 2.05) is 4.90 Å². The molecule has 1 amide bonds. The van der Waals surface area contributed by atoms with Gasteiger partial charge in [0.1, 0.15) is 0 Å². The van der Waals surface area contributed by atoms with Crippen molar-refractivity contribution >= 4 is 11.9 Å². The molecule has 0 aromatic carbocycles. The molecule has 0 spiro atoms. The fraction of sp³-hybridized carbons (Fsp3) is 0.818. The lowest BCUT2D eigenvalue weighted by Gasteiger charge is -2.37. The van der Waals surface area contributed by atoms with Crippen molar-refractivity contribution in [1.82, 2.24) is 10.2 Å². The monoisotopic (exact) mass is 228 g/mol. The standard InChI is InChI=1S/C11H20N2O3/c1-8(14)12-9-5-3-4-6-10(9)13(2)7-11(15)16/h9-10H,3-7H2,1-2H3,(H,12,14)(H,15,16)/t9-,10-/m1/s1. The van der Waals surface area contributed by atoms with E-state index in [-0.39, 0.29) is 24.5 Å². The minimum atomic E-state index is -0.824. The number of amides is 1. The lowest BCUT2D eigenvalue weighted by atomic mass is 9.89. The first-order valence-electron chi connectivity index (χ1n) is 5.70. The number of carboxylic acid groups (broad SMARTS) is 1. The first kappa shape index (κ1) is 13.0. The molecule has 92 valence electrons. The van der Waals surface area contributed by atoms with Crippen molar-refractivity contribution in [2.45, 2.75) is 44.7 Å². The number of carbonyl (C=O) groups is 2. The third-order valence-electron chi connectivity index (χ3n) is 3.07. The molecule has 16 heavy (non-hydrogen) atoms. The van der Waals surface area contributed by atoms with E-state index in [9.17, 15) is 9.59 Å². The number of hydrogen-bond donors (Lipinski definition) is 2. The Morgan fingerprint density at radius 2 is 2.00 bits per heavy atom. The van der Waals surface area contributed by atoms with Crippen LogP contribution in [-0.2, 0) is 9.59 Å². The summed E-state index contributed by atoms with van der Waals surface area (Å²) < 4.78 is 0. The van der Waals surface area contributed by atoms with Crippen LogP contribution in [0, 0.1) is 0 Å². The molecule has 2 atom stereocenters. The number of hydrogen-bond acceptors (Lipinski definition) is 3. The second-order valence-corrected chi connectivity index (χ2v) is 4.47. The van der Waals surface area contributed by atoms with E-state index >= 15 is 0 Å². The maximum absolute atomic E-state index is 11.1. The maximum Gasteiger partial charge on any atom is 0.317 e. The van der Waals surface area contributed by atoms with Crippen molar-refractivity contribution in [3.63, 3.8) is 0 Å². The van der Waals surface area contributed by atoms with Gasteiger partial charge in [0.15, 0.2) is 0 Å². The third kappa shape index (κ3) is 3.81.